The van der Waals surface area contributed by atoms with Crippen molar-refractivity contribution in [3.63, 3.8) is 0 Å². The predicted molar refractivity (Wildman–Crippen MR) is 70.8 cm³/mol. The van der Waals surface area contributed by atoms with Crippen LogP contribution in [0.25, 0.3) is 11.6 Å². The van der Waals surface area contributed by atoms with Gasteiger partial charge in [-0.25, -0.2) is 0 Å². The number of rotatable bonds is 2. The standard InChI is InChI=1S/C15H10N4O/c16-8-10-5-6-13(17-10)15-18-14(19-20-15)12-7-9-3-1-2-4-11(9)12/h1-6,12,17H,7H2. The number of hydrogen-bond donors (Lipinski definition) is 1. The molecule has 20 heavy (non-hydrogen) atoms. The summed E-state index contributed by atoms with van der Waals surface area (Å²) in [7, 11) is 0. The lowest BCUT2D eigenvalue weighted by atomic mass is 9.77. The van der Waals surface area contributed by atoms with E-state index in [0.29, 0.717) is 23.1 Å². The van der Waals surface area contributed by atoms with Crippen molar-refractivity contribution in [3.8, 4) is 17.7 Å². The van der Waals surface area contributed by atoms with Gasteiger partial charge in [-0.05, 0) is 29.7 Å². The first-order valence-corrected chi connectivity index (χ1v) is 6.36. The Balaban J connectivity index is 1.65. The fourth-order valence-electron chi connectivity index (χ4n) is 2.56. The molecule has 1 N–H and O–H groups in total. The van der Waals surface area contributed by atoms with Gasteiger partial charge in [0.25, 0.3) is 5.89 Å². The second-order valence-electron chi connectivity index (χ2n) is 4.81. The Hall–Kier alpha value is -2.87. The predicted octanol–water partition coefficient (Wildman–Crippen LogP) is 2.62. The van der Waals surface area contributed by atoms with Gasteiger partial charge >= 0.3 is 0 Å². The van der Waals surface area contributed by atoms with Gasteiger partial charge < -0.3 is 9.51 Å². The number of aromatic amines is 1. The monoisotopic (exact) mass is 262 g/mol. The molecule has 2 heterocycles. The van der Waals surface area contributed by atoms with Gasteiger partial charge in [-0.15, -0.1) is 0 Å². The van der Waals surface area contributed by atoms with Crippen molar-refractivity contribution in [3.05, 3.63) is 59.0 Å². The SMILES string of the molecule is N#Cc1ccc(-c2nc(C3Cc4ccccc43)no2)[nH]1. The van der Waals surface area contributed by atoms with Crippen LogP contribution >= 0.6 is 0 Å². The Kier molecular flexibility index (Phi) is 2.24. The number of nitrogens with zero attached hydrogens (tertiary/aromatic N) is 3. The summed E-state index contributed by atoms with van der Waals surface area (Å²) >= 11 is 0. The Labute approximate surface area is 114 Å². The summed E-state index contributed by atoms with van der Waals surface area (Å²) in [5.41, 5.74) is 3.76. The lowest BCUT2D eigenvalue weighted by molar-refractivity contribution is 0.415. The van der Waals surface area contributed by atoms with E-state index in [-0.39, 0.29) is 5.92 Å². The minimum absolute atomic E-state index is 0.217. The fraction of sp³-hybridized carbons (Fsp3) is 0.133. The third kappa shape index (κ3) is 1.55. The molecule has 96 valence electrons. The smallest absolute Gasteiger partial charge is 0.274 e. The number of benzene rings is 1. The van der Waals surface area contributed by atoms with Gasteiger partial charge in [0.15, 0.2) is 5.82 Å². The molecule has 0 amide bonds. The molecule has 5 heteroatoms. The maximum Gasteiger partial charge on any atom is 0.274 e. The van der Waals surface area contributed by atoms with Gasteiger partial charge in [0.05, 0.1) is 5.92 Å². The Morgan fingerprint density at radius 2 is 2.15 bits per heavy atom. The molecule has 0 saturated carbocycles. The summed E-state index contributed by atoms with van der Waals surface area (Å²) in [6, 6.07) is 13.8. The van der Waals surface area contributed by atoms with E-state index in [1.54, 1.807) is 12.1 Å². The van der Waals surface area contributed by atoms with Crippen molar-refractivity contribution < 1.29 is 4.52 Å². The minimum Gasteiger partial charge on any atom is -0.342 e. The van der Waals surface area contributed by atoms with Crippen LogP contribution in [0.1, 0.15) is 28.6 Å². The molecule has 0 bridgehead atoms. The van der Waals surface area contributed by atoms with Gasteiger partial charge in [-0.1, -0.05) is 29.4 Å². The van der Waals surface area contributed by atoms with Gasteiger partial charge in [-0.2, -0.15) is 10.2 Å². The maximum absolute atomic E-state index is 8.80. The highest BCUT2D eigenvalue weighted by molar-refractivity contribution is 5.51. The van der Waals surface area contributed by atoms with Crippen LogP contribution in [0.15, 0.2) is 40.9 Å². The van der Waals surface area contributed by atoms with Crippen molar-refractivity contribution in [1.29, 1.82) is 5.26 Å². The molecule has 3 aromatic rings. The van der Waals surface area contributed by atoms with E-state index in [4.69, 9.17) is 9.78 Å². The second kappa shape index (κ2) is 4.07. The molecule has 1 aliphatic rings. The number of nitrogens with one attached hydrogen (secondary N) is 1. The normalized spacial score (nSPS) is 16.2. The summed E-state index contributed by atoms with van der Waals surface area (Å²) < 4.78 is 5.28. The second-order valence-corrected chi connectivity index (χ2v) is 4.81. The topological polar surface area (TPSA) is 78.5 Å². The van der Waals surface area contributed by atoms with Crippen molar-refractivity contribution >= 4 is 0 Å². The zero-order valence-electron chi connectivity index (χ0n) is 10.5. The highest BCUT2D eigenvalue weighted by Gasteiger charge is 2.31. The molecule has 0 spiro atoms. The fourth-order valence-corrected chi connectivity index (χ4v) is 2.56. The lowest BCUT2D eigenvalue weighted by Crippen LogP contribution is -2.19. The summed E-state index contributed by atoms with van der Waals surface area (Å²) in [5, 5.41) is 12.9. The average Bonchev–Trinajstić information content (AvgIpc) is 3.08. The van der Waals surface area contributed by atoms with E-state index < -0.39 is 0 Å². The first-order valence-electron chi connectivity index (χ1n) is 6.36. The highest BCUT2D eigenvalue weighted by Crippen LogP contribution is 2.38. The third-order valence-corrected chi connectivity index (χ3v) is 3.64. The zero-order chi connectivity index (χ0) is 13.5. The van der Waals surface area contributed by atoms with Crippen LogP contribution in [0.5, 0.6) is 0 Å². The first-order chi connectivity index (χ1) is 9.85. The number of H-pyrrole nitrogens is 1. The molecular weight excluding hydrogens is 252 g/mol. The van der Waals surface area contributed by atoms with Crippen LogP contribution in [0.4, 0.5) is 0 Å². The number of aromatic nitrogens is 3. The summed E-state index contributed by atoms with van der Waals surface area (Å²) in [4.78, 5) is 7.36. The number of hydrogen-bond acceptors (Lipinski definition) is 4. The molecular formula is C15H10N4O. The molecule has 1 atom stereocenters. The van der Waals surface area contributed by atoms with E-state index in [0.717, 1.165) is 6.42 Å². The molecule has 0 radical (unpaired) electrons. The summed E-state index contributed by atoms with van der Waals surface area (Å²) in [6.45, 7) is 0. The van der Waals surface area contributed by atoms with E-state index in [9.17, 15) is 0 Å². The highest BCUT2D eigenvalue weighted by atomic mass is 16.5. The van der Waals surface area contributed by atoms with Gasteiger partial charge in [0, 0.05) is 0 Å². The molecule has 0 aliphatic heterocycles. The quantitative estimate of drug-likeness (QED) is 0.770. The van der Waals surface area contributed by atoms with Crippen molar-refractivity contribution in [1.82, 2.24) is 15.1 Å². The van der Waals surface area contributed by atoms with E-state index in [2.05, 4.69) is 27.3 Å². The molecule has 2 aromatic heterocycles. The Bertz CT molecular complexity index is 824. The molecule has 1 aliphatic carbocycles. The molecule has 1 aromatic carbocycles. The maximum atomic E-state index is 8.80. The van der Waals surface area contributed by atoms with E-state index in [1.807, 2.05) is 18.2 Å². The van der Waals surface area contributed by atoms with Gasteiger partial charge in [-0.3, -0.25) is 0 Å². The molecule has 1 unspecified atom stereocenters. The van der Waals surface area contributed by atoms with E-state index in [1.165, 1.54) is 11.1 Å². The number of nitriles is 1. The van der Waals surface area contributed by atoms with E-state index >= 15 is 0 Å². The molecule has 5 nitrogen and oxygen atoms in total. The van der Waals surface area contributed by atoms with Crippen LogP contribution in [0.3, 0.4) is 0 Å². The van der Waals surface area contributed by atoms with Crippen LogP contribution in [0, 0.1) is 11.3 Å². The Morgan fingerprint density at radius 1 is 1.25 bits per heavy atom. The zero-order valence-corrected chi connectivity index (χ0v) is 10.5. The summed E-state index contributed by atoms with van der Waals surface area (Å²) in [6.07, 6.45) is 0.948. The minimum atomic E-state index is 0.217. The van der Waals surface area contributed by atoms with Crippen LogP contribution in [-0.4, -0.2) is 15.1 Å². The van der Waals surface area contributed by atoms with Gasteiger partial charge in [0.2, 0.25) is 0 Å². The lowest BCUT2D eigenvalue weighted by Gasteiger charge is -2.27. The van der Waals surface area contributed by atoms with Crippen molar-refractivity contribution in [2.45, 2.75) is 12.3 Å². The van der Waals surface area contributed by atoms with Crippen LogP contribution in [0.2, 0.25) is 0 Å². The first kappa shape index (κ1) is 11.0. The third-order valence-electron chi connectivity index (χ3n) is 3.64. The van der Waals surface area contributed by atoms with Crippen molar-refractivity contribution in [2.75, 3.05) is 0 Å². The average molecular weight is 262 g/mol. The largest absolute Gasteiger partial charge is 0.342 e. The van der Waals surface area contributed by atoms with Crippen LogP contribution < -0.4 is 0 Å². The number of fused-ring (bicyclic) bond motifs is 1. The summed E-state index contributed by atoms with van der Waals surface area (Å²) in [5.74, 6) is 1.34. The van der Waals surface area contributed by atoms with Crippen molar-refractivity contribution in [2.24, 2.45) is 0 Å². The molecule has 0 fully saturated rings. The van der Waals surface area contributed by atoms with Crippen LogP contribution in [-0.2, 0) is 6.42 Å². The molecule has 0 saturated heterocycles. The Morgan fingerprint density at radius 3 is 2.95 bits per heavy atom. The molecule has 4 rings (SSSR count). The van der Waals surface area contributed by atoms with Gasteiger partial charge in [0.1, 0.15) is 17.5 Å².